The summed E-state index contributed by atoms with van der Waals surface area (Å²) in [7, 11) is 0. The third kappa shape index (κ3) is 5.02. The Labute approximate surface area is 166 Å². The Hall–Kier alpha value is -2.05. The summed E-state index contributed by atoms with van der Waals surface area (Å²) in [4.78, 5) is 18.7. The first-order valence-corrected chi connectivity index (χ1v) is 10.6. The molecule has 1 aliphatic heterocycles. The Balaban J connectivity index is 1.68. The summed E-state index contributed by atoms with van der Waals surface area (Å²) in [6.45, 7) is 11.6. The average molecular weight is 387 g/mol. The number of carbonyl (C=O) groups excluding carboxylic acids is 1. The number of nitrogens with zero attached hydrogens (tertiary/aromatic N) is 2. The third-order valence-electron chi connectivity index (χ3n) is 5.12. The fourth-order valence-corrected chi connectivity index (χ4v) is 4.44. The first-order chi connectivity index (χ1) is 13.1. The molecule has 2 N–H and O–H groups in total. The van der Waals surface area contributed by atoms with E-state index in [0.717, 1.165) is 44.1 Å². The summed E-state index contributed by atoms with van der Waals surface area (Å²) in [5, 5.41) is 8.28. The molecule has 1 saturated heterocycles. The second-order valence-electron chi connectivity index (χ2n) is 7.27. The number of rotatable bonds is 6. The number of amides is 2. The largest absolute Gasteiger partial charge is 0.367 e. The van der Waals surface area contributed by atoms with E-state index in [-0.39, 0.29) is 12.1 Å². The van der Waals surface area contributed by atoms with Crippen LogP contribution in [0.5, 0.6) is 0 Å². The van der Waals surface area contributed by atoms with Crippen molar-refractivity contribution in [2.45, 2.75) is 26.8 Å². The number of piperazine rings is 1. The monoisotopic (exact) mass is 386 g/mol. The normalized spacial score (nSPS) is 16.4. The molecular formula is C21H30N4OS. The van der Waals surface area contributed by atoms with E-state index in [1.807, 2.05) is 24.3 Å². The van der Waals surface area contributed by atoms with Crippen molar-refractivity contribution in [2.75, 3.05) is 42.9 Å². The molecule has 2 amide bonds. The maximum atomic E-state index is 12.7. The fraction of sp³-hybridized carbons (Fsp3) is 0.476. The van der Waals surface area contributed by atoms with Crippen LogP contribution < -0.4 is 15.5 Å². The second-order valence-corrected chi connectivity index (χ2v) is 8.25. The van der Waals surface area contributed by atoms with Crippen LogP contribution in [0, 0.1) is 5.92 Å². The Kier molecular flexibility index (Phi) is 6.74. The zero-order chi connectivity index (χ0) is 19.2. The van der Waals surface area contributed by atoms with Crippen LogP contribution in [-0.2, 0) is 0 Å². The molecule has 1 aromatic carbocycles. The quantitative estimate of drug-likeness (QED) is 0.773. The minimum absolute atomic E-state index is 0.0188. The summed E-state index contributed by atoms with van der Waals surface area (Å²) in [5.74, 6) is 0.326. The Morgan fingerprint density at radius 1 is 1.11 bits per heavy atom. The lowest BCUT2D eigenvalue weighted by atomic mass is 10.0. The van der Waals surface area contributed by atoms with E-state index in [1.165, 1.54) is 4.88 Å². The van der Waals surface area contributed by atoms with E-state index in [0.29, 0.717) is 5.92 Å². The van der Waals surface area contributed by atoms with Gasteiger partial charge in [-0.2, -0.15) is 0 Å². The van der Waals surface area contributed by atoms with Gasteiger partial charge in [0.15, 0.2) is 0 Å². The van der Waals surface area contributed by atoms with Crippen LogP contribution in [0.2, 0.25) is 0 Å². The van der Waals surface area contributed by atoms with Gasteiger partial charge < -0.3 is 20.4 Å². The number of nitrogens with one attached hydrogen (secondary N) is 2. The molecule has 0 radical (unpaired) electrons. The van der Waals surface area contributed by atoms with Gasteiger partial charge in [0, 0.05) is 31.1 Å². The number of thiophene rings is 1. The van der Waals surface area contributed by atoms with Gasteiger partial charge in [0.05, 0.1) is 17.4 Å². The first kappa shape index (κ1) is 19.7. The highest BCUT2D eigenvalue weighted by Gasteiger charge is 2.21. The van der Waals surface area contributed by atoms with Gasteiger partial charge in [-0.15, -0.1) is 11.3 Å². The molecule has 0 spiro atoms. The molecule has 3 rings (SSSR count). The molecule has 1 unspecified atom stereocenters. The molecule has 2 heterocycles. The lowest BCUT2D eigenvalue weighted by Gasteiger charge is -2.36. The lowest BCUT2D eigenvalue weighted by molar-refractivity contribution is 0.245. The minimum Gasteiger partial charge on any atom is -0.367 e. The molecule has 1 atom stereocenters. The molecule has 27 heavy (non-hydrogen) atoms. The number of likely N-dealkylation sites (N-methyl/N-ethyl adjacent to an activating group) is 1. The van der Waals surface area contributed by atoms with Crippen LogP contribution >= 0.6 is 11.3 Å². The summed E-state index contributed by atoms with van der Waals surface area (Å²) >= 11 is 1.68. The van der Waals surface area contributed by atoms with Crippen molar-refractivity contribution in [3.63, 3.8) is 0 Å². The number of urea groups is 1. The summed E-state index contributed by atoms with van der Waals surface area (Å²) in [6.07, 6.45) is 0. The number of carbonyl (C=O) groups is 1. The van der Waals surface area contributed by atoms with Gasteiger partial charge in [-0.3, -0.25) is 0 Å². The first-order valence-electron chi connectivity index (χ1n) is 9.75. The maximum absolute atomic E-state index is 12.7. The van der Waals surface area contributed by atoms with E-state index < -0.39 is 0 Å². The summed E-state index contributed by atoms with van der Waals surface area (Å²) in [5.41, 5.74) is 1.97. The zero-order valence-electron chi connectivity index (χ0n) is 16.4. The average Bonchev–Trinajstić information content (AvgIpc) is 3.21. The Bertz CT molecular complexity index is 724. The molecule has 0 bridgehead atoms. The second kappa shape index (κ2) is 9.24. The predicted octanol–water partition coefficient (Wildman–Crippen LogP) is 4.41. The minimum atomic E-state index is -0.151. The van der Waals surface area contributed by atoms with Gasteiger partial charge in [0.1, 0.15) is 0 Å². The molecule has 2 aromatic rings. The smallest absolute Gasteiger partial charge is 0.319 e. The summed E-state index contributed by atoms with van der Waals surface area (Å²) < 4.78 is 0. The van der Waals surface area contributed by atoms with Crippen molar-refractivity contribution in [2.24, 2.45) is 5.92 Å². The van der Waals surface area contributed by atoms with Crippen molar-refractivity contribution in [3.05, 3.63) is 46.7 Å². The van der Waals surface area contributed by atoms with Gasteiger partial charge in [-0.25, -0.2) is 4.79 Å². The van der Waals surface area contributed by atoms with E-state index in [4.69, 9.17) is 0 Å². The summed E-state index contributed by atoms with van der Waals surface area (Å²) in [6, 6.07) is 12.1. The molecule has 1 fully saturated rings. The van der Waals surface area contributed by atoms with Gasteiger partial charge in [-0.05, 0) is 36.0 Å². The van der Waals surface area contributed by atoms with Crippen molar-refractivity contribution < 1.29 is 4.79 Å². The number of hydrogen-bond donors (Lipinski definition) is 2. The van der Waals surface area contributed by atoms with Crippen molar-refractivity contribution in [3.8, 4) is 0 Å². The van der Waals surface area contributed by atoms with Crippen LogP contribution in [0.3, 0.4) is 0 Å². The Morgan fingerprint density at radius 3 is 2.48 bits per heavy atom. The van der Waals surface area contributed by atoms with Crippen LogP contribution in [0.15, 0.2) is 41.8 Å². The van der Waals surface area contributed by atoms with Crippen LogP contribution in [0.25, 0.3) is 0 Å². The number of anilines is 2. The van der Waals surface area contributed by atoms with Gasteiger partial charge >= 0.3 is 6.03 Å². The standard InChI is InChI=1S/C21H30N4OS/c1-4-24-11-13-25(14-12-24)18-9-6-5-8-17(18)22-21(26)23-20(16(2)3)19-10-7-15-27-19/h5-10,15-16,20H,4,11-14H2,1-3H3,(H2,22,23,26). The van der Waals surface area contributed by atoms with Crippen molar-refractivity contribution in [1.82, 2.24) is 10.2 Å². The molecule has 5 nitrogen and oxygen atoms in total. The van der Waals surface area contributed by atoms with Crippen LogP contribution in [0.1, 0.15) is 31.7 Å². The van der Waals surface area contributed by atoms with E-state index in [9.17, 15) is 4.79 Å². The van der Waals surface area contributed by atoms with Gasteiger partial charge in [0.25, 0.3) is 0 Å². The number of para-hydroxylation sites is 2. The van der Waals surface area contributed by atoms with Crippen molar-refractivity contribution in [1.29, 1.82) is 0 Å². The molecule has 1 aromatic heterocycles. The molecule has 0 saturated carbocycles. The number of benzene rings is 1. The molecule has 146 valence electrons. The Morgan fingerprint density at radius 2 is 1.85 bits per heavy atom. The molecule has 1 aliphatic rings. The van der Waals surface area contributed by atoms with Crippen LogP contribution in [-0.4, -0.2) is 43.7 Å². The highest BCUT2D eigenvalue weighted by atomic mass is 32.1. The van der Waals surface area contributed by atoms with Crippen molar-refractivity contribution >= 4 is 28.7 Å². The van der Waals surface area contributed by atoms with Gasteiger partial charge in [0.2, 0.25) is 0 Å². The number of hydrogen-bond acceptors (Lipinski definition) is 4. The molecule has 6 heteroatoms. The van der Waals surface area contributed by atoms with Gasteiger partial charge in [-0.1, -0.05) is 39.0 Å². The predicted molar refractivity (Wildman–Crippen MR) is 115 cm³/mol. The van der Waals surface area contributed by atoms with E-state index in [1.54, 1.807) is 11.3 Å². The topological polar surface area (TPSA) is 47.6 Å². The SMILES string of the molecule is CCN1CCN(c2ccccc2NC(=O)NC(c2cccs2)C(C)C)CC1. The maximum Gasteiger partial charge on any atom is 0.319 e. The zero-order valence-corrected chi connectivity index (χ0v) is 17.3. The lowest BCUT2D eigenvalue weighted by Crippen LogP contribution is -2.46. The third-order valence-corrected chi connectivity index (χ3v) is 6.07. The van der Waals surface area contributed by atoms with E-state index in [2.05, 4.69) is 58.7 Å². The highest BCUT2D eigenvalue weighted by Crippen LogP contribution is 2.28. The molecular weight excluding hydrogens is 356 g/mol. The highest BCUT2D eigenvalue weighted by molar-refractivity contribution is 7.10. The van der Waals surface area contributed by atoms with E-state index >= 15 is 0 Å². The molecule has 0 aliphatic carbocycles. The fourth-order valence-electron chi connectivity index (χ4n) is 3.49. The van der Waals surface area contributed by atoms with Crippen LogP contribution in [0.4, 0.5) is 16.2 Å².